The molecule has 0 aliphatic heterocycles. The Morgan fingerprint density at radius 2 is 1.57 bits per heavy atom. The molecule has 0 atom stereocenters. The van der Waals surface area contributed by atoms with Crippen LogP contribution in [0, 0.1) is 0 Å². The normalized spacial score (nSPS) is 10.3. The number of rotatable bonds is 1. The molecule has 0 bridgehead atoms. The number of nitrogens with zero attached hydrogens (tertiary/aromatic N) is 4. The van der Waals surface area contributed by atoms with Crippen LogP contribution in [0.15, 0.2) is 5.38 Å². The van der Waals surface area contributed by atoms with Crippen molar-refractivity contribution >= 4 is 28.4 Å². The van der Waals surface area contributed by atoms with Crippen molar-refractivity contribution in [3.8, 4) is 11.5 Å². The van der Waals surface area contributed by atoms with Crippen LogP contribution in [0.3, 0.4) is 0 Å². The lowest BCUT2D eigenvalue weighted by atomic mass is 10.4. The van der Waals surface area contributed by atoms with Gasteiger partial charge in [0.05, 0.1) is 0 Å². The zero-order valence-corrected chi connectivity index (χ0v) is 7.82. The number of nitrogen functional groups attached to an aromatic ring is 3. The Morgan fingerprint density at radius 3 is 2.07 bits per heavy atom. The third-order valence-corrected chi connectivity index (χ3v) is 2.09. The summed E-state index contributed by atoms with van der Waals surface area (Å²) in [5.41, 5.74) is 16.8. The topological polar surface area (TPSA) is 130 Å². The van der Waals surface area contributed by atoms with Crippen molar-refractivity contribution in [3.05, 3.63) is 5.38 Å². The summed E-state index contributed by atoms with van der Waals surface area (Å²) in [6, 6.07) is 0. The number of aromatic nitrogens is 4. The van der Waals surface area contributed by atoms with Gasteiger partial charge < -0.3 is 17.2 Å². The highest BCUT2D eigenvalue weighted by atomic mass is 32.1. The molecule has 0 radical (unpaired) electrons. The van der Waals surface area contributed by atoms with Crippen LogP contribution < -0.4 is 17.2 Å². The van der Waals surface area contributed by atoms with E-state index in [-0.39, 0.29) is 11.9 Å². The molecule has 2 heterocycles. The minimum Gasteiger partial charge on any atom is -0.375 e. The molecule has 0 unspecified atom stereocenters. The van der Waals surface area contributed by atoms with Crippen LogP contribution in [-0.2, 0) is 0 Å². The van der Waals surface area contributed by atoms with Crippen LogP contribution in [-0.4, -0.2) is 19.9 Å². The first-order chi connectivity index (χ1) is 6.65. The SMILES string of the molecule is Nc1nc(N)nc(-c2csc(N)n2)n1. The van der Waals surface area contributed by atoms with Gasteiger partial charge in [0.1, 0.15) is 5.69 Å². The molecule has 2 aromatic heterocycles. The van der Waals surface area contributed by atoms with E-state index in [1.165, 1.54) is 11.3 Å². The van der Waals surface area contributed by atoms with E-state index < -0.39 is 0 Å². The highest BCUT2D eigenvalue weighted by molar-refractivity contribution is 7.13. The molecule has 0 saturated heterocycles. The molecular weight excluding hydrogens is 202 g/mol. The van der Waals surface area contributed by atoms with Crippen molar-refractivity contribution in [3.63, 3.8) is 0 Å². The first-order valence-corrected chi connectivity index (χ1v) is 4.51. The van der Waals surface area contributed by atoms with Gasteiger partial charge in [0.25, 0.3) is 0 Å². The van der Waals surface area contributed by atoms with Crippen molar-refractivity contribution in [1.29, 1.82) is 0 Å². The van der Waals surface area contributed by atoms with Crippen LogP contribution in [0.5, 0.6) is 0 Å². The Morgan fingerprint density at radius 1 is 0.929 bits per heavy atom. The smallest absolute Gasteiger partial charge is 0.225 e. The average Bonchev–Trinajstić information content (AvgIpc) is 2.50. The molecule has 14 heavy (non-hydrogen) atoms. The molecule has 0 aromatic carbocycles. The number of hydrogen-bond donors (Lipinski definition) is 3. The largest absolute Gasteiger partial charge is 0.375 e. The van der Waals surface area contributed by atoms with Crippen LogP contribution in [0.2, 0.25) is 0 Å². The summed E-state index contributed by atoms with van der Waals surface area (Å²) in [4.78, 5) is 15.4. The third-order valence-electron chi connectivity index (χ3n) is 1.42. The lowest BCUT2D eigenvalue weighted by molar-refractivity contribution is 1.08. The molecule has 0 saturated carbocycles. The first-order valence-electron chi connectivity index (χ1n) is 3.63. The summed E-state index contributed by atoms with van der Waals surface area (Å²) < 4.78 is 0. The van der Waals surface area contributed by atoms with Crippen molar-refractivity contribution in [2.24, 2.45) is 0 Å². The van der Waals surface area contributed by atoms with Gasteiger partial charge in [-0.2, -0.15) is 15.0 Å². The number of nitrogens with two attached hydrogens (primary N) is 3. The summed E-state index contributed by atoms with van der Waals surface area (Å²) in [5, 5.41) is 2.17. The zero-order valence-electron chi connectivity index (χ0n) is 7.01. The molecule has 0 aliphatic carbocycles. The Balaban J connectivity index is 2.51. The molecule has 0 amide bonds. The zero-order chi connectivity index (χ0) is 10.1. The second-order valence-corrected chi connectivity index (χ2v) is 3.34. The van der Waals surface area contributed by atoms with Gasteiger partial charge in [-0.05, 0) is 0 Å². The Kier molecular flexibility index (Phi) is 1.89. The van der Waals surface area contributed by atoms with E-state index in [0.717, 1.165) is 0 Å². The van der Waals surface area contributed by atoms with Crippen LogP contribution >= 0.6 is 11.3 Å². The van der Waals surface area contributed by atoms with Gasteiger partial charge in [-0.1, -0.05) is 0 Å². The van der Waals surface area contributed by atoms with Crippen LogP contribution in [0.4, 0.5) is 17.0 Å². The third kappa shape index (κ3) is 1.55. The maximum atomic E-state index is 5.47. The minimum absolute atomic E-state index is 0.0686. The first kappa shape index (κ1) is 8.63. The van der Waals surface area contributed by atoms with Crippen molar-refractivity contribution < 1.29 is 0 Å². The number of hydrogen-bond acceptors (Lipinski definition) is 8. The van der Waals surface area contributed by atoms with Gasteiger partial charge in [-0.3, -0.25) is 0 Å². The Labute approximate surface area is 83.0 Å². The molecule has 2 rings (SSSR count). The van der Waals surface area contributed by atoms with Crippen molar-refractivity contribution in [2.45, 2.75) is 0 Å². The highest BCUT2D eigenvalue weighted by Crippen LogP contribution is 2.20. The predicted molar refractivity (Wildman–Crippen MR) is 54.2 cm³/mol. The second-order valence-electron chi connectivity index (χ2n) is 2.45. The predicted octanol–water partition coefficient (Wildman–Crippen LogP) is -0.258. The molecular formula is C6H7N7S. The maximum Gasteiger partial charge on any atom is 0.225 e. The molecule has 8 heteroatoms. The molecule has 0 spiro atoms. The number of anilines is 3. The van der Waals surface area contributed by atoms with E-state index in [0.29, 0.717) is 16.6 Å². The molecule has 72 valence electrons. The van der Waals surface area contributed by atoms with Crippen LogP contribution in [0.1, 0.15) is 0 Å². The van der Waals surface area contributed by atoms with Gasteiger partial charge in [-0.25, -0.2) is 4.98 Å². The lowest BCUT2D eigenvalue weighted by Gasteiger charge is -1.97. The molecule has 7 nitrogen and oxygen atoms in total. The fourth-order valence-corrected chi connectivity index (χ4v) is 1.46. The van der Waals surface area contributed by atoms with E-state index in [1.54, 1.807) is 5.38 Å². The van der Waals surface area contributed by atoms with Gasteiger partial charge >= 0.3 is 0 Å². The van der Waals surface area contributed by atoms with E-state index in [2.05, 4.69) is 19.9 Å². The monoisotopic (exact) mass is 209 g/mol. The summed E-state index contributed by atoms with van der Waals surface area (Å²) in [7, 11) is 0. The molecule has 0 aliphatic rings. The molecule has 0 fully saturated rings. The van der Waals surface area contributed by atoms with Gasteiger partial charge in [0.15, 0.2) is 11.0 Å². The fraction of sp³-hybridized carbons (Fsp3) is 0. The van der Waals surface area contributed by atoms with Crippen LogP contribution in [0.25, 0.3) is 11.5 Å². The summed E-state index contributed by atoms with van der Waals surface area (Å²) in [5.74, 6) is 0.473. The number of thiazole rings is 1. The minimum atomic E-state index is 0.0686. The van der Waals surface area contributed by atoms with E-state index in [9.17, 15) is 0 Å². The average molecular weight is 209 g/mol. The van der Waals surface area contributed by atoms with E-state index in [4.69, 9.17) is 17.2 Å². The quantitative estimate of drug-likeness (QED) is 0.589. The standard InChI is InChI=1S/C6H7N7S/c7-4-11-3(12-5(8)13-4)2-1-14-6(9)10-2/h1H,(H2,9,10)(H4,7,8,11,12,13). The fourth-order valence-electron chi connectivity index (χ4n) is 0.914. The van der Waals surface area contributed by atoms with E-state index >= 15 is 0 Å². The second kappa shape index (κ2) is 3.07. The van der Waals surface area contributed by atoms with E-state index in [1.807, 2.05) is 0 Å². The summed E-state index contributed by atoms with van der Waals surface area (Å²) in [6.45, 7) is 0. The summed E-state index contributed by atoms with van der Waals surface area (Å²) >= 11 is 1.30. The van der Waals surface area contributed by atoms with Gasteiger partial charge in [-0.15, -0.1) is 11.3 Å². The van der Waals surface area contributed by atoms with Crippen molar-refractivity contribution in [1.82, 2.24) is 19.9 Å². The summed E-state index contributed by atoms with van der Waals surface area (Å²) in [6.07, 6.45) is 0. The Bertz CT molecular complexity index is 445. The highest BCUT2D eigenvalue weighted by Gasteiger charge is 2.07. The van der Waals surface area contributed by atoms with Gasteiger partial charge in [0.2, 0.25) is 11.9 Å². The molecule has 2 aromatic rings. The lowest BCUT2D eigenvalue weighted by Crippen LogP contribution is -2.04. The van der Waals surface area contributed by atoms with Gasteiger partial charge in [0, 0.05) is 5.38 Å². The Hall–Kier alpha value is -1.96. The maximum absolute atomic E-state index is 5.47. The molecule has 6 N–H and O–H groups in total. The van der Waals surface area contributed by atoms with Crippen molar-refractivity contribution in [2.75, 3.05) is 17.2 Å².